The van der Waals surface area contributed by atoms with Crippen LogP contribution in [0.3, 0.4) is 0 Å². The maximum absolute atomic E-state index is 11.8. The highest BCUT2D eigenvalue weighted by molar-refractivity contribution is 7.91. The minimum absolute atomic E-state index is 0.0207. The Labute approximate surface area is 107 Å². The number of amides is 1. The van der Waals surface area contributed by atoms with Gasteiger partial charge < -0.3 is 15.8 Å². The first-order chi connectivity index (χ1) is 8.50. The van der Waals surface area contributed by atoms with Crippen LogP contribution < -0.4 is 11.1 Å². The lowest BCUT2D eigenvalue weighted by molar-refractivity contribution is -0.132. The van der Waals surface area contributed by atoms with Gasteiger partial charge in [0.15, 0.2) is 9.84 Å². The molecule has 1 amide bonds. The van der Waals surface area contributed by atoms with E-state index in [2.05, 4.69) is 5.32 Å². The van der Waals surface area contributed by atoms with Crippen LogP contribution in [0.15, 0.2) is 0 Å². The van der Waals surface area contributed by atoms with Crippen LogP contribution in [0.1, 0.15) is 19.3 Å². The van der Waals surface area contributed by atoms with Crippen LogP contribution in [0, 0.1) is 5.92 Å². The minimum Gasteiger partial charge on any atom is -0.364 e. The monoisotopic (exact) mass is 276 g/mol. The lowest BCUT2D eigenvalue weighted by Gasteiger charge is -2.14. The molecule has 18 heavy (non-hydrogen) atoms. The first kappa shape index (κ1) is 13.8. The summed E-state index contributed by atoms with van der Waals surface area (Å²) in [6.45, 7) is 0.857. The van der Waals surface area contributed by atoms with Gasteiger partial charge in [0, 0.05) is 13.1 Å². The fourth-order valence-corrected chi connectivity index (χ4v) is 4.33. The molecule has 6 nitrogen and oxygen atoms in total. The highest BCUT2D eigenvalue weighted by Gasteiger charge is 2.32. The minimum atomic E-state index is -2.87. The number of rotatable bonds is 4. The molecule has 0 radical (unpaired) electrons. The molecule has 2 heterocycles. The van der Waals surface area contributed by atoms with E-state index >= 15 is 0 Å². The summed E-state index contributed by atoms with van der Waals surface area (Å²) in [6, 6.07) is 0. The van der Waals surface area contributed by atoms with Crippen molar-refractivity contribution < 1.29 is 17.9 Å². The molecule has 2 saturated heterocycles. The molecule has 3 atom stereocenters. The summed E-state index contributed by atoms with van der Waals surface area (Å²) in [5.41, 5.74) is 5.48. The van der Waals surface area contributed by atoms with Crippen LogP contribution in [0.5, 0.6) is 0 Å². The second-order valence-electron chi connectivity index (χ2n) is 5.07. The summed E-state index contributed by atoms with van der Waals surface area (Å²) in [6.07, 6.45) is 1.70. The number of carbonyl (C=O) groups is 1. The maximum atomic E-state index is 11.8. The molecule has 0 aromatic rings. The van der Waals surface area contributed by atoms with Gasteiger partial charge in [-0.2, -0.15) is 0 Å². The molecule has 3 unspecified atom stereocenters. The van der Waals surface area contributed by atoms with Crippen LogP contribution in [0.2, 0.25) is 0 Å². The third-order valence-electron chi connectivity index (χ3n) is 3.55. The molecule has 0 bridgehead atoms. The molecule has 0 aliphatic carbocycles. The number of hydrogen-bond acceptors (Lipinski definition) is 5. The van der Waals surface area contributed by atoms with E-state index in [-0.39, 0.29) is 29.4 Å². The summed E-state index contributed by atoms with van der Waals surface area (Å²) in [4.78, 5) is 11.8. The highest BCUT2D eigenvalue weighted by Crippen LogP contribution is 2.20. The van der Waals surface area contributed by atoms with Gasteiger partial charge in [0.1, 0.15) is 6.10 Å². The Balaban J connectivity index is 1.73. The van der Waals surface area contributed by atoms with Gasteiger partial charge in [0.2, 0.25) is 5.91 Å². The second kappa shape index (κ2) is 5.54. The molecular weight excluding hydrogens is 256 g/mol. The Bertz CT molecular complexity index is 409. The van der Waals surface area contributed by atoms with Crippen molar-refractivity contribution in [3.8, 4) is 0 Å². The van der Waals surface area contributed by atoms with E-state index in [0.29, 0.717) is 25.9 Å². The molecule has 2 rings (SSSR count). The topological polar surface area (TPSA) is 98.5 Å². The molecule has 2 fully saturated rings. The Morgan fingerprint density at radius 3 is 2.67 bits per heavy atom. The van der Waals surface area contributed by atoms with Crippen molar-refractivity contribution in [2.75, 3.05) is 24.6 Å². The van der Waals surface area contributed by atoms with Crippen molar-refractivity contribution in [2.45, 2.75) is 31.5 Å². The zero-order chi connectivity index (χ0) is 13.2. The van der Waals surface area contributed by atoms with Gasteiger partial charge in [-0.3, -0.25) is 4.79 Å². The summed E-state index contributed by atoms with van der Waals surface area (Å²) in [5.74, 6) is 0.327. The van der Waals surface area contributed by atoms with E-state index in [1.165, 1.54) is 0 Å². The van der Waals surface area contributed by atoms with Crippen molar-refractivity contribution in [3.05, 3.63) is 0 Å². The predicted molar refractivity (Wildman–Crippen MR) is 66.7 cm³/mol. The number of nitrogens with one attached hydrogen (secondary N) is 1. The predicted octanol–water partition coefficient (Wildman–Crippen LogP) is -0.956. The van der Waals surface area contributed by atoms with Crippen LogP contribution in [0.4, 0.5) is 0 Å². The van der Waals surface area contributed by atoms with E-state index in [1.54, 1.807) is 0 Å². The van der Waals surface area contributed by atoms with Gasteiger partial charge in [-0.05, 0) is 25.2 Å². The molecule has 0 spiro atoms. The van der Waals surface area contributed by atoms with E-state index in [1.807, 2.05) is 0 Å². The van der Waals surface area contributed by atoms with E-state index in [4.69, 9.17) is 10.5 Å². The van der Waals surface area contributed by atoms with Crippen LogP contribution in [-0.2, 0) is 19.4 Å². The summed E-state index contributed by atoms with van der Waals surface area (Å²) in [5, 5.41) is 2.78. The van der Waals surface area contributed by atoms with Gasteiger partial charge in [-0.25, -0.2) is 8.42 Å². The maximum Gasteiger partial charge on any atom is 0.249 e. The first-order valence-corrected chi connectivity index (χ1v) is 8.16. The quantitative estimate of drug-likeness (QED) is 0.689. The molecular formula is C11H20N2O4S. The lowest BCUT2D eigenvalue weighted by Crippen LogP contribution is -2.38. The molecule has 3 N–H and O–H groups in total. The average Bonchev–Trinajstić information content (AvgIpc) is 2.92. The summed E-state index contributed by atoms with van der Waals surface area (Å²) >= 11 is 0. The standard InChI is InChI=1S/C11H20N2O4S/c12-5-9-1-2-10(17-9)11(14)13-6-8-3-4-18(15,16)7-8/h8-10H,1-7,12H2,(H,13,14). The van der Waals surface area contributed by atoms with Gasteiger partial charge in [0.25, 0.3) is 0 Å². The lowest BCUT2D eigenvalue weighted by atomic mass is 10.1. The molecule has 2 aliphatic heterocycles. The van der Waals surface area contributed by atoms with E-state index in [0.717, 1.165) is 6.42 Å². The van der Waals surface area contributed by atoms with Crippen molar-refractivity contribution in [2.24, 2.45) is 11.7 Å². The SMILES string of the molecule is NCC1CCC(C(=O)NCC2CCS(=O)(=O)C2)O1. The van der Waals surface area contributed by atoms with Crippen molar-refractivity contribution >= 4 is 15.7 Å². The first-order valence-electron chi connectivity index (χ1n) is 6.34. The molecule has 104 valence electrons. The smallest absolute Gasteiger partial charge is 0.249 e. The van der Waals surface area contributed by atoms with Crippen LogP contribution in [0.25, 0.3) is 0 Å². The molecule has 0 aromatic heterocycles. The molecule has 0 aromatic carbocycles. The number of ether oxygens (including phenoxy) is 1. The zero-order valence-electron chi connectivity index (χ0n) is 10.3. The Morgan fingerprint density at radius 2 is 2.11 bits per heavy atom. The zero-order valence-corrected chi connectivity index (χ0v) is 11.1. The Morgan fingerprint density at radius 1 is 1.33 bits per heavy atom. The van der Waals surface area contributed by atoms with Gasteiger partial charge in [0.05, 0.1) is 17.6 Å². The highest BCUT2D eigenvalue weighted by atomic mass is 32.2. The number of hydrogen-bond donors (Lipinski definition) is 2. The number of carbonyl (C=O) groups excluding carboxylic acids is 1. The fraction of sp³-hybridized carbons (Fsp3) is 0.909. The average molecular weight is 276 g/mol. The third-order valence-corrected chi connectivity index (χ3v) is 5.39. The van der Waals surface area contributed by atoms with Gasteiger partial charge in [-0.15, -0.1) is 0 Å². The second-order valence-corrected chi connectivity index (χ2v) is 7.30. The Kier molecular flexibility index (Phi) is 4.24. The van der Waals surface area contributed by atoms with Crippen LogP contribution in [-0.4, -0.2) is 51.1 Å². The molecule has 0 saturated carbocycles. The number of nitrogens with two attached hydrogens (primary N) is 1. The Hall–Kier alpha value is -0.660. The third kappa shape index (κ3) is 3.43. The van der Waals surface area contributed by atoms with E-state index in [9.17, 15) is 13.2 Å². The molecule has 7 heteroatoms. The molecule has 2 aliphatic rings. The van der Waals surface area contributed by atoms with E-state index < -0.39 is 15.9 Å². The van der Waals surface area contributed by atoms with Crippen molar-refractivity contribution in [1.82, 2.24) is 5.32 Å². The summed E-state index contributed by atoms with van der Waals surface area (Å²) in [7, 11) is -2.87. The van der Waals surface area contributed by atoms with Crippen molar-refractivity contribution in [3.63, 3.8) is 0 Å². The van der Waals surface area contributed by atoms with Gasteiger partial charge in [-0.1, -0.05) is 0 Å². The van der Waals surface area contributed by atoms with Crippen LogP contribution >= 0.6 is 0 Å². The normalized spacial score (nSPS) is 34.6. The van der Waals surface area contributed by atoms with Crippen molar-refractivity contribution in [1.29, 1.82) is 0 Å². The summed E-state index contributed by atoms with van der Waals surface area (Å²) < 4.78 is 28.0. The largest absolute Gasteiger partial charge is 0.364 e. The fourth-order valence-electron chi connectivity index (χ4n) is 2.46. The number of sulfone groups is 1. The van der Waals surface area contributed by atoms with Gasteiger partial charge >= 0.3 is 0 Å².